The summed E-state index contributed by atoms with van der Waals surface area (Å²) in [6.45, 7) is 4.84. The summed E-state index contributed by atoms with van der Waals surface area (Å²) in [5.41, 5.74) is 0. The maximum absolute atomic E-state index is 13.0. The van der Waals surface area contributed by atoms with Gasteiger partial charge in [0.25, 0.3) is 6.29 Å². The van der Waals surface area contributed by atoms with Gasteiger partial charge in [-0.2, -0.15) is 0 Å². The summed E-state index contributed by atoms with van der Waals surface area (Å²) in [6.07, 6.45) is 107. The van der Waals surface area contributed by atoms with Crippen LogP contribution < -0.4 is 0 Å². The highest BCUT2D eigenvalue weighted by molar-refractivity contribution is 5.71. The van der Waals surface area contributed by atoms with Crippen molar-refractivity contribution in [3.63, 3.8) is 0 Å². The fourth-order valence-electron chi connectivity index (χ4n) is 12.9. The first-order valence-corrected chi connectivity index (χ1v) is 43.1. The standard InChI is InChI=1S/C90H165NO8/c1-6-8-10-12-14-16-18-20-22-24-26-28-30-32-34-36-38-40-42-43-44-45-47-49-51-53-55-57-59-61-63-65-67-69-71-73-75-77-79-81-88(93)99-86(85-98-90(89(94)95)96-83-82-91(3,4)5)84-97-87(92)80-78-76-74-72-70-68-66-64-62-60-58-56-54-52-50-48-46-41-39-37-35-33-31-29-27-25-23-21-19-17-15-13-11-9-7-2/h8,10,14,16,20,22,25-28,32,34,86,90H,6-7,9,11-13,15,17-19,21,23-24,29-31,33,35-85H2,1-5H3/p+1/b10-8-,16-14-,22-20-,27-25-,28-26-,34-32-. The van der Waals surface area contributed by atoms with E-state index >= 15 is 0 Å². The van der Waals surface area contributed by atoms with Crippen LogP contribution in [0.4, 0.5) is 0 Å². The minimum atomic E-state index is -1.51. The van der Waals surface area contributed by atoms with Gasteiger partial charge in [0.1, 0.15) is 13.2 Å². The molecule has 0 aromatic carbocycles. The van der Waals surface area contributed by atoms with Crippen LogP contribution >= 0.6 is 0 Å². The number of hydrogen-bond donors (Lipinski definition) is 1. The van der Waals surface area contributed by atoms with Crippen molar-refractivity contribution >= 4 is 17.9 Å². The maximum Gasteiger partial charge on any atom is 0.361 e. The van der Waals surface area contributed by atoms with Gasteiger partial charge in [-0.05, 0) is 83.5 Å². The first-order valence-electron chi connectivity index (χ1n) is 43.1. The molecule has 0 radical (unpaired) electrons. The molecule has 0 saturated carbocycles. The molecule has 0 aliphatic rings. The van der Waals surface area contributed by atoms with Crippen LogP contribution in [-0.2, 0) is 33.3 Å². The molecule has 2 unspecified atom stereocenters. The first kappa shape index (κ1) is 95.7. The molecule has 1 N–H and O–H groups in total. The minimum absolute atomic E-state index is 0.176. The van der Waals surface area contributed by atoms with Gasteiger partial charge in [0.2, 0.25) is 0 Å². The number of ether oxygens (including phenoxy) is 4. The Hall–Kier alpha value is -3.27. The number of rotatable bonds is 81. The Labute approximate surface area is 615 Å². The molecule has 9 heteroatoms. The third kappa shape index (κ3) is 81.9. The summed E-state index contributed by atoms with van der Waals surface area (Å²) >= 11 is 0. The highest BCUT2D eigenvalue weighted by atomic mass is 16.7. The van der Waals surface area contributed by atoms with Crippen LogP contribution in [0, 0.1) is 0 Å². The summed E-state index contributed by atoms with van der Waals surface area (Å²) in [6, 6.07) is 0. The van der Waals surface area contributed by atoms with E-state index in [2.05, 4.69) is 86.8 Å². The van der Waals surface area contributed by atoms with Crippen molar-refractivity contribution in [2.75, 3.05) is 47.5 Å². The average Bonchev–Trinajstić information content (AvgIpc) is 1.14. The van der Waals surface area contributed by atoms with E-state index in [1.165, 1.54) is 327 Å². The number of carboxylic acids is 1. The van der Waals surface area contributed by atoms with Gasteiger partial charge in [0, 0.05) is 12.8 Å². The number of carboxylic acid groups (broad SMARTS) is 1. The lowest BCUT2D eigenvalue weighted by Crippen LogP contribution is -2.40. The van der Waals surface area contributed by atoms with E-state index in [0.29, 0.717) is 17.4 Å². The molecule has 9 nitrogen and oxygen atoms in total. The Morgan fingerprint density at radius 3 is 0.869 bits per heavy atom. The van der Waals surface area contributed by atoms with Crippen LogP contribution in [0.15, 0.2) is 72.9 Å². The quantitative estimate of drug-likeness (QED) is 0.0211. The summed E-state index contributed by atoms with van der Waals surface area (Å²) in [5.74, 6) is -1.97. The number of nitrogens with zero attached hydrogens (tertiary/aromatic N) is 1. The monoisotopic (exact) mass is 1390 g/mol. The molecule has 2 atom stereocenters. The van der Waals surface area contributed by atoms with Crippen molar-refractivity contribution in [3.8, 4) is 0 Å². The molecule has 0 amide bonds. The Morgan fingerprint density at radius 2 is 0.576 bits per heavy atom. The molecule has 578 valence electrons. The highest BCUT2D eigenvalue weighted by Crippen LogP contribution is 2.20. The van der Waals surface area contributed by atoms with E-state index in [9.17, 15) is 19.5 Å². The molecule has 0 aromatic rings. The molecule has 0 saturated heterocycles. The van der Waals surface area contributed by atoms with Crippen molar-refractivity contribution in [1.82, 2.24) is 0 Å². The van der Waals surface area contributed by atoms with Crippen LogP contribution in [0.2, 0.25) is 0 Å². The summed E-state index contributed by atoms with van der Waals surface area (Å²) in [5, 5.41) is 9.79. The number of allylic oxidation sites excluding steroid dienone is 12. The SMILES string of the molecule is CC/C=C\C/C=C\C/C=C\C/C=C\C/C=C\CCCCCCCCCCCCCCCCCCCCCCCCCC(=O)OC(COC(=O)CCCCCCCCCCCCCCCCCCCCCCCCC/C=C\CCCCCCCCCC)COC(OCC[N+](C)(C)C)C(=O)O. The Kier molecular flexibility index (Phi) is 77.8. The zero-order valence-corrected chi connectivity index (χ0v) is 66.4. The number of quaternary nitrogens is 1. The van der Waals surface area contributed by atoms with Crippen molar-refractivity contribution < 1.29 is 42.9 Å². The van der Waals surface area contributed by atoms with Crippen LogP contribution in [0.3, 0.4) is 0 Å². The van der Waals surface area contributed by atoms with Crippen LogP contribution in [0.1, 0.15) is 425 Å². The van der Waals surface area contributed by atoms with Crippen molar-refractivity contribution in [1.29, 1.82) is 0 Å². The van der Waals surface area contributed by atoms with Crippen LogP contribution in [0.5, 0.6) is 0 Å². The van der Waals surface area contributed by atoms with E-state index in [-0.39, 0.29) is 38.2 Å². The maximum atomic E-state index is 13.0. The van der Waals surface area contributed by atoms with Gasteiger partial charge in [0.15, 0.2) is 6.10 Å². The zero-order chi connectivity index (χ0) is 71.8. The summed E-state index contributed by atoms with van der Waals surface area (Å²) < 4.78 is 23.1. The Bertz CT molecular complexity index is 1860. The first-order chi connectivity index (χ1) is 48.6. The molecule has 0 rings (SSSR count). The molecule has 0 heterocycles. The summed E-state index contributed by atoms with van der Waals surface area (Å²) in [7, 11) is 6.00. The van der Waals surface area contributed by atoms with E-state index in [4.69, 9.17) is 18.9 Å². The largest absolute Gasteiger partial charge is 0.477 e. The second-order valence-electron chi connectivity index (χ2n) is 30.5. The molecule has 0 fully saturated rings. The van der Waals surface area contributed by atoms with Crippen molar-refractivity contribution in [2.24, 2.45) is 0 Å². The number of carbonyl (C=O) groups is 3. The van der Waals surface area contributed by atoms with E-state index in [0.717, 1.165) is 70.6 Å². The number of carbonyl (C=O) groups excluding carboxylic acids is 2. The van der Waals surface area contributed by atoms with Gasteiger partial charge < -0.3 is 28.5 Å². The number of likely N-dealkylation sites (N-methyl/N-ethyl adjacent to an activating group) is 1. The fraction of sp³-hybridized carbons (Fsp3) is 0.833. The number of aliphatic carboxylic acids is 1. The summed E-state index contributed by atoms with van der Waals surface area (Å²) in [4.78, 5) is 37.8. The highest BCUT2D eigenvalue weighted by Gasteiger charge is 2.25. The third-order valence-electron chi connectivity index (χ3n) is 19.4. The average molecular weight is 1390 g/mol. The molecule has 99 heavy (non-hydrogen) atoms. The van der Waals surface area contributed by atoms with Gasteiger partial charge in [-0.3, -0.25) is 9.59 Å². The Balaban J connectivity index is 3.93. The van der Waals surface area contributed by atoms with Gasteiger partial charge >= 0.3 is 17.9 Å². The van der Waals surface area contributed by atoms with E-state index in [1.807, 2.05) is 21.1 Å². The number of hydrogen-bond acceptors (Lipinski definition) is 7. The van der Waals surface area contributed by atoms with E-state index < -0.39 is 18.4 Å². The van der Waals surface area contributed by atoms with Crippen LogP contribution in [0.25, 0.3) is 0 Å². The number of unbranched alkanes of at least 4 members (excludes halogenated alkanes) is 54. The van der Waals surface area contributed by atoms with E-state index in [1.54, 1.807) is 0 Å². The second-order valence-corrected chi connectivity index (χ2v) is 30.5. The zero-order valence-electron chi connectivity index (χ0n) is 66.4. The molecule has 0 aliphatic heterocycles. The molecule has 0 aliphatic carbocycles. The van der Waals surface area contributed by atoms with Gasteiger partial charge in [0.05, 0.1) is 34.4 Å². The molecular weight excluding hydrogens is 1220 g/mol. The van der Waals surface area contributed by atoms with Crippen LogP contribution in [-0.4, -0.2) is 87.4 Å². The molecular formula is C90H166NO8+. The van der Waals surface area contributed by atoms with Crippen molar-refractivity contribution in [3.05, 3.63) is 72.9 Å². The third-order valence-corrected chi connectivity index (χ3v) is 19.4. The lowest BCUT2D eigenvalue weighted by atomic mass is 10.0. The topological polar surface area (TPSA) is 108 Å². The lowest BCUT2D eigenvalue weighted by Gasteiger charge is -2.25. The predicted octanol–water partition coefficient (Wildman–Crippen LogP) is 27.9. The Morgan fingerprint density at radius 1 is 0.313 bits per heavy atom. The van der Waals surface area contributed by atoms with Gasteiger partial charge in [-0.15, -0.1) is 0 Å². The van der Waals surface area contributed by atoms with Gasteiger partial charge in [-0.1, -0.05) is 401 Å². The van der Waals surface area contributed by atoms with Crippen molar-refractivity contribution in [2.45, 2.75) is 437 Å². The predicted molar refractivity (Wildman–Crippen MR) is 429 cm³/mol. The lowest BCUT2D eigenvalue weighted by molar-refractivity contribution is -0.870. The fourth-order valence-corrected chi connectivity index (χ4v) is 12.9. The molecule has 0 aromatic heterocycles. The normalized spacial score (nSPS) is 12.9. The molecule has 0 bridgehead atoms. The second kappa shape index (κ2) is 80.4. The molecule has 0 spiro atoms. The smallest absolute Gasteiger partial charge is 0.361 e. The number of esters is 2. The minimum Gasteiger partial charge on any atom is -0.477 e. The van der Waals surface area contributed by atoms with Gasteiger partial charge in [-0.25, -0.2) is 4.79 Å².